The first-order valence-electron chi connectivity index (χ1n) is 9.18. The maximum Gasteiger partial charge on any atom is 0.283 e. The number of para-hydroxylation sites is 2. The van der Waals surface area contributed by atoms with Crippen LogP contribution in [0.15, 0.2) is 47.5 Å². The van der Waals surface area contributed by atoms with E-state index in [4.69, 9.17) is 23.4 Å². The van der Waals surface area contributed by atoms with E-state index < -0.39 is 25.9 Å². The van der Waals surface area contributed by atoms with Crippen LogP contribution in [-0.4, -0.2) is 40.6 Å². The first-order valence-corrected chi connectivity index (χ1v) is 12.2. The van der Waals surface area contributed by atoms with Crippen molar-refractivity contribution < 1.29 is 17.2 Å². The number of anilines is 4. The second kappa shape index (κ2) is 10.2. The molecule has 3 aromatic rings. The fraction of sp³-hybridized carbons (Fsp3) is 0.211. The van der Waals surface area contributed by atoms with Crippen molar-refractivity contribution in [2.24, 2.45) is 0 Å². The fourth-order valence-corrected chi connectivity index (χ4v) is 5.30. The van der Waals surface area contributed by atoms with Gasteiger partial charge in [-0.3, -0.25) is 0 Å². The predicted molar refractivity (Wildman–Crippen MR) is 126 cm³/mol. The number of aromatic nitrogens is 1. The number of hydrogen-bond acceptors (Lipinski definition) is 7. The third-order valence-corrected chi connectivity index (χ3v) is 7.88. The van der Waals surface area contributed by atoms with Crippen LogP contribution in [-0.2, 0) is 10.0 Å². The number of halogens is 4. The molecular formula is C19H19Cl2F2N5O2S2. The Morgan fingerprint density at radius 2 is 1.91 bits per heavy atom. The smallest absolute Gasteiger partial charge is 0.283 e. The maximum atomic E-state index is 14.9. The molecule has 0 bridgehead atoms. The molecule has 3 rings (SSSR count). The quantitative estimate of drug-likeness (QED) is 0.393. The van der Waals surface area contributed by atoms with Crippen LogP contribution in [0, 0.1) is 10.9 Å². The zero-order valence-corrected chi connectivity index (χ0v) is 20.1. The van der Waals surface area contributed by atoms with E-state index in [0.717, 1.165) is 37.1 Å². The van der Waals surface area contributed by atoms with E-state index in [2.05, 4.69) is 15.6 Å². The highest BCUT2D eigenvalue weighted by molar-refractivity contribution is 7.94. The SMILES string of the molecule is CNCCN(C)c1ccccc1Nc1cc(F)c(S(=O)(=O)N(Cl)c2ncc(F)s2)cc1Cl. The topological polar surface area (TPSA) is 77.6 Å². The summed E-state index contributed by atoms with van der Waals surface area (Å²) in [5.41, 5.74) is 1.66. The summed E-state index contributed by atoms with van der Waals surface area (Å²) in [6, 6.07) is 9.26. The summed E-state index contributed by atoms with van der Waals surface area (Å²) in [6.45, 7) is 1.47. The number of thiazole rings is 1. The summed E-state index contributed by atoms with van der Waals surface area (Å²) in [4.78, 5) is 4.80. The van der Waals surface area contributed by atoms with Gasteiger partial charge in [-0.15, -0.1) is 3.82 Å². The zero-order valence-electron chi connectivity index (χ0n) is 16.9. The minimum absolute atomic E-state index is 0.0481. The lowest BCUT2D eigenvalue weighted by molar-refractivity contribution is 0.568. The molecule has 0 atom stereocenters. The lowest BCUT2D eigenvalue weighted by Crippen LogP contribution is -2.27. The second-order valence-corrected chi connectivity index (χ2v) is 10.3. The molecule has 0 saturated carbocycles. The van der Waals surface area contributed by atoms with Crippen LogP contribution < -0.4 is 19.4 Å². The lowest BCUT2D eigenvalue weighted by atomic mass is 10.2. The Kier molecular flexibility index (Phi) is 7.78. The number of benzene rings is 2. The molecule has 0 unspecified atom stereocenters. The van der Waals surface area contributed by atoms with Crippen molar-refractivity contribution in [3.8, 4) is 0 Å². The van der Waals surface area contributed by atoms with Gasteiger partial charge in [-0.25, -0.2) is 9.37 Å². The van der Waals surface area contributed by atoms with Gasteiger partial charge in [0.2, 0.25) is 5.13 Å². The van der Waals surface area contributed by atoms with Gasteiger partial charge < -0.3 is 15.5 Å². The Balaban J connectivity index is 1.92. The van der Waals surface area contributed by atoms with Crippen LogP contribution >= 0.6 is 34.7 Å². The van der Waals surface area contributed by atoms with Crippen LogP contribution in [0.1, 0.15) is 0 Å². The third-order valence-electron chi connectivity index (χ3n) is 4.41. The van der Waals surface area contributed by atoms with Crippen molar-refractivity contribution in [3.63, 3.8) is 0 Å². The van der Waals surface area contributed by atoms with Crippen molar-refractivity contribution in [1.82, 2.24) is 10.3 Å². The second-order valence-electron chi connectivity index (χ2n) is 6.60. The minimum atomic E-state index is -4.58. The Morgan fingerprint density at radius 3 is 2.56 bits per heavy atom. The van der Waals surface area contributed by atoms with Crippen molar-refractivity contribution in [2.45, 2.75) is 4.90 Å². The highest BCUT2D eigenvalue weighted by Crippen LogP contribution is 2.36. The van der Waals surface area contributed by atoms with Gasteiger partial charge in [0.05, 0.1) is 28.3 Å². The fourth-order valence-electron chi connectivity index (χ4n) is 2.80. The lowest BCUT2D eigenvalue weighted by Gasteiger charge is -2.23. The first kappa shape index (κ1) is 24.5. The van der Waals surface area contributed by atoms with Gasteiger partial charge in [0.1, 0.15) is 10.7 Å². The van der Waals surface area contributed by atoms with Crippen molar-refractivity contribution in [2.75, 3.05) is 41.2 Å². The van der Waals surface area contributed by atoms with Gasteiger partial charge in [-0.1, -0.05) is 35.1 Å². The Bertz CT molecular complexity index is 1210. The summed E-state index contributed by atoms with van der Waals surface area (Å²) in [6.07, 6.45) is 0.812. The van der Waals surface area contributed by atoms with Crippen LogP contribution in [0.5, 0.6) is 0 Å². The minimum Gasteiger partial charge on any atom is -0.372 e. The van der Waals surface area contributed by atoms with E-state index >= 15 is 0 Å². The summed E-state index contributed by atoms with van der Waals surface area (Å²) in [5, 5.41) is 4.97. The van der Waals surface area contributed by atoms with E-state index in [1.807, 2.05) is 31.1 Å². The van der Waals surface area contributed by atoms with Crippen LogP contribution in [0.3, 0.4) is 0 Å². The number of nitrogens with one attached hydrogen (secondary N) is 2. The molecule has 0 radical (unpaired) electrons. The molecule has 0 amide bonds. The molecule has 2 aromatic carbocycles. The van der Waals surface area contributed by atoms with Gasteiger partial charge in [0.15, 0.2) is 5.13 Å². The van der Waals surface area contributed by atoms with E-state index in [9.17, 15) is 17.2 Å². The molecule has 1 heterocycles. The van der Waals surface area contributed by atoms with Crippen molar-refractivity contribution in [3.05, 3.63) is 58.6 Å². The molecule has 0 fully saturated rings. The number of likely N-dealkylation sites (N-methyl/N-ethyl adjacent to an activating group) is 2. The van der Waals surface area contributed by atoms with Crippen LogP contribution in [0.25, 0.3) is 0 Å². The third kappa shape index (κ3) is 5.24. The highest BCUT2D eigenvalue weighted by atomic mass is 35.5. The molecule has 7 nitrogen and oxygen atoms in total. The Morgan fingerprint density at radius 1 is 1.19 bits per heavy atom. The summed E-state index contributed by atoms with van der Waals surface area (Å²) >= 11 is 12.5. The molecule has 172 valence electrons. The van der Waals surface area contributed by atoms with Gasteiger partial charge in [0, 0.05) is 38.0 Å². The van der Waals surface area contributed by atoms with Crippen LogP contribution in [0.4, 0.5) is 31.0 Å². The predicted octanol–water partition coefficient (Wildman–Crippen LogP) is 4.82. The monoisotopic (exact) mass is 521 g/mol. The largest absolute Gasteiger partial charge is 0.372 e. The average Bonchev–Trinajstić information content (AvgIpc) is 3.20. The molecule has 0 aliphatic heterocycles. The zero-order chi connectivity index (χ0) is 23.5. The van der Waals surface area contributed by atoms with Crippen LogP contribution in [0.2, 0.25) is 5.02 Å². The summed E-state index contributed by atoms with van der Waals surface area (Å²) in [7, 11) is -0.816. The molecule has 0 saturated heterocycles. The van der Waals surface area contributed by atoms with Gasteiger partial charge in [-0.05, 0) is 25.2 Å². The molecule has 0 aliphatic carbocycles. The van der Waals surface area contributed by atoms with Gasteiger partial charge in [0.25, 0.3) is 10.0 Å². The maximum absolute atomic E-state index is 14.9. The Labute approximate surface area is 198 Å². The van der Waals surface area contributed by atoms with E-state index in [-0.39, 0.29) is 19.7 Å². The molecule has 0 spiro atoms. The number of sulfonamides is 1. The van der Waals surface area contributed by atoms with Gasteiger partial charge >= 0.3 is 0 Å². The summed E-state index contributed by atoms with van der Waals surface area (Å²) < 4.78 is 53.7. The highest BCUT2D eigenvalue weighted by Gasteiger charge is 2.30. The van der Waals surface area contributed by atoms with Crippen molar-refractivity contribution in [1.29, 1.82) is 0 Å². The molecular weight excluding hydrogens is 503 g/mol. The molecule has 1 aromatic heterocycles. The number of nitrogens with zero attached hydrogens (tertiary/aromatic N) is 3. The molecule has 13 heteroatoms. The normalized spacial score (nSPS) is 11.4. The Hall–Kier alpha value is -2.18. The standard InChI is InChI=1S/C19H19Cl2F2N5O2S2/c1-24-7-8-27(2)16-6-4-3-5-14(16)26-15-10-13(22)17(9-12(15)20)32(29,30)28(21)19-25-11-18(23)31-19/h3-6,9-11,24,26H,7-8H2,1-2H3. The number of hydrogen-bond donors (Lipinski definition) is 2. The van der Waals surface area contributed by atoms with E-state index in [1.165, 1.54) is 0 Å². The van der Waals surface area contributed by atoms with E-state index in [1.54, 1.807) is 12.1 Å². The average molecular weight is 522 g/mol. The number of rotatable bonds is 9. The first-order chi connectivity index (χ1) is 15.1. The van der Waals surface area contributed by atoms with Gasteiger partial charge in [-0.2, -0.15) is 12.8 Å². The summed E-state index contributed by atoms with van der Waals surface area (Å²) in [5.74, 6) is -1.08. The molecule has 2 N–H and O–H groups in total. The molecule has 32 heavy (non-hydrogen) atoms. The molecule has 0 aliphatic rings. The van der Waals surface area contributed by atoms with Crippen molar-refractivity contribution >= 4 is 66.9 Å². The van der Waals surface area contributed by atoms with E-state index in [0.29, 0.717) is 17.0 Å².